The summed E-state index contributed by atoms with van der Waals surface area (Å²) >= 11 is 0. The van der Waals surface area contributed by atoms with E-state index in [4.69, 9.17) is 9.26 Å². The Morgan fingerprint density at radius 1 is 1.32 bits per heavy atom. The van der Waals surface area contributed by atoms with E-state index < -0.39 is 0 Å². The fourth-order valence-corrected chi connectivity index (χ4v) is 3.38. The number of nitrogens with one attached hydrogen (secondary N) is 1. The van der Waals surface area contributed by atoms with E-state index >= 15 is 0 Å². The van der Waals surface area contributed by atoms with Crippen LogP contribution < -0.4 is 4.74 Å². The van der Waals surface area contributed by atoms with Crippen LogP contribution in [0.2, 0.25) is 0 Å². The van der Waals surface area contributed by atoms with E-state index in [1.807, 2.05) is 12.1 Å². The lowest BCUT2D eigenvalue weighted by molar-refractivity contribution is 0.210. The Morgan fingerprint density at radius 3 is 2.88 bits per heavy atom. The third-order valence-electron chi connectivity index (χ3n) is 4.55. The van der Waals surface area contributed by atoms with Crippen LogP contribution in [-0.2, 0) is 6.54 Å². The standard InChI is InChI=1S/C17H20N6O2/c1-11-7-14(12-3-5-13(24-2)6-4-12)23(8-11)9-15-20-17(22-25-15)16-18-10-19-21-16/h3-6,10-11,14H,7-9H2,1-2H3,(H,18,19,21). The molecule has 0 saturated carbocycles. The average molecular weight is 340 g/mol. The first-order valence-corrected chi connectivity index (χ1v) is 8.29. The van der Waals surface area contributed by atoms with Gasteiger partial charge in [0.25, 0.3) is 0 Å². The molecule has 0 amide bonds. The van der Waals surface area contributed by atoms with Crippen molar-refractivity contribution in [1.29, 1.82) is 0 Å². The number of H-pyrrole nitrogens is 1. The number of ether oxygens (including phenoxy) is 1. The molecule has 130 valence electrons. The van der Waals surface area contributed by atoms with E-state index in [0.29, 0.717) is 36.0 Å². The van der Waals surface area contributed by atoms with Gasteiger partial charge < -0.3 is 9.26 Å². The monoisotopic (exact) mass is 340 g/mol. The van der Waals surface area contributed by atoms with E-state index in [0.717, 1.165) is 18.7 Å². The molecule has 2 unspecified atom stereocenters. The maximum absolute atomic E-state index is 5.40. The van der Waals surface area contributed by atoms with Crippen molar-refractivity contribution in [3.8, 4) is 17.4 Å². The van der Waals surface area contributed by atoms with Crippen LogP contribution in [-0.4, -0.2) is 43.9 Å². The SMILES string of the molecule is COc1ccc(C2CC(C)CN2Cc2nc(-c3ncn[nH]3)no2)cc1. The summed E-state index contributed by atoms with van der Waals surface area (Å²) in [6, 6.07) is 8.60. The zero-order valence-electron chi connectivity index (χ0n) is 14.2. The van der Waals surface area contributed by atoms with Crippen LogP contribution in [0.5, 0.6) is 5.75 Å². The molecule has 0 spiro atoms. The number of hydrogen-bond donors (Lipinski definition) is 1. The maximum atomic E-state index is 5.40. The van der Waals surface area contributed by atoms with E-state index in [9.17, 15) is 0 Å². The molecule has 8 nitrogen and oxygen atoms in total. The van der Waals surface area contributed by atoms with E-state index in [1.165, 1.54) is 11.9 Å². The first-order chi connectivity index (χ1) is 12.2. The Labute approximate surface area is 145 Å². The second-order valence-corrected chi connectivity index (χ2v) is 6.41. The second-order valence-electron chi connectivity index (χ2n) is 6.41. The number of aromatic amines is 1. The molecule has 2 atom stereocenters. The third kappa shape index (κ3) is 3.25. The Kier molecular flexibility index (Phi) is 4.19. The third-order valence-corrected chi connectivity index (χ3v) is 4.55. The Morgan fingerprint density at radius 2 is 2.16 bits per heavy atom. The van der Waals surface area contributed by atoms with Gasteiger partial charge >= 0.3 is 0 Å². The second kappa shape index (κ2) is 6.64. The predicted octanol–water partition coefficient (Wildman–Crippen LogP) is 2.45. The van der Waals surface area contributed by atoms with Gasteiger partial charge in [-0.25, -0.2) is 4.98 Å². The van der Waals surface area contributed by atoms with Crippen molar-refractivity contribution in [2.75, 3.05) is 13.7 Å². The normalized spacial score (nSPS) is 20.9. The van der Waals surface area contributed by atoms with Crippen LogP contribution in [0, 0.1) is 5.92 Å². The molecule has 0 radical (unpaired) electrons. The van der Waals surface area contributed by atoms with Gasteiger partial charge in [0, 0.05) is 12.6 Å². The highest BCUT2D eigenvalue weighted by molar-refractivity contribution is 5.39. The quantitative estimate of drug-likeness (QED) is 0.762. The number of aromatic nitrogens is 5. The van der Waals surface area contributed by atoms with Crippen LogP contribution >= 0.6 is 0 Å². The van der Waals surface area contributed by atoms with Crippen molar-refractivity contribution >= 4 is 0 Å². The molecule has 1 aliphatic rings. The number of benzene rings is 1. The fourth-order valence-electron chi connectivity index (χ4n) is 3.38. The van der Waals surface area contributed by atoms with Crippen LogP contribution in [0.3, 0.4) is 0 Å². The summed E-state index contributed by atoms with van der Waals surface area (Å²) in [7, 11) is 1.68. The molecular weight excluding hydrogens is 320 g/mol. The van der Waals surface area contributed by atoms with Crippen LogP contribution in [0.1, 0.15) is 30.8 Å². The summed E-state index contributed by atoms with van der Waals surface area (Å²) in [6.45, 7) is 3.88. The molecule has 1 aromatic carbocycles. The molecule has 1 saturated heterocycles. The van der Waals surface area contributed by atoms with Gasteiger partial charge in [-0.3, -0.25) is 10.00 Å². The lowest BCUT2D eigenvalue weighted by Gasteiger charge is -2.23. The summed E-state index contributed by atoms with van der Waals surface area (Å²) in [5.74, 6) is 3.01. The summed E-state index contributed by atoms with van der Waals surface area (Å²) in [4.78, 5) is 10.8. The number of nitrogens with zero attached hydrogens (tertiary/aromatic N) is 5. The van der Waals surface area contributed by atoms with E-state index in [-0.39, 0.29) is 0 Å². The number of rotatable bonds is 5. The minimum atomic E-state index is 0.335. The van der Waals surface area contributed by atoms with Crippen molar-refractivity contribution in [3.05, 3.63) is 42.0 Å². The predicted molar refractivity (Wildman–Crippen MR) is 89.6 cm³/mol. The maximum Gasteiger partial charge on any atom is 0.241 e. The molecule has 1 aliphatic heterocycles. The molecule has 0 aliphatic carbocycles. The molecule has 0 bridgehead atoms. The van der Waals surface area contributed by atoms with Crippen molar-refractivity contribution in [2.45, 2.75) is 25.9 Å². The summed E-state index contributed by atoms with van der Waals surface area (Å²) < 4.78 is 10.6. The largest absolute Gasteiger partial charge is 0.497 e. The van der Waals surface area contributed by atoms with Gasteiger partial charge in [-0.15, -0.1) is 0 Å². The van der Waals surface area contributed by atoms with Crippen molar-refractivity contribution < 1.29 is 9.26 Å². The summed E-state index contributed by atoms with van der Waals surface area (Å²) in [5, 5.41) is 10.5. The Bertz CT molecular complexity index is 814. The minimum Gasteiger partial charge on any atom is -0.497 e. The van der Waals surface area contributed by atoms with Gasteiger partial charge in [0.2, 0.25) is 11.7 Å². The fraction of sp³-hybridized carbons (Fsp3) is 0.412. The van der Waals surface area contributed by atoms with Gasteiger partial charge in [-0.05, 0) is 30.0 Å². The minimum absolute atomic E-state index is 0.335. The zero-order chi connectivity index (χ0) is 17.2. The lowest BCUT2D eigenvalue weighted by Crippen LogP contribution is -2.23. The van der Waals surface area contributed by atoms with Gasteiger partial charge in [0.1, 0.15) is 12.1 Å². The first kappa shape index (κ1) is 15.8. The van der Waals surface area contributed by atoms with Gasteiger partial charge in [0.05, 0.1) is 13.7 Å². The highest BCUT2D eigenvalue weighted by Crippen LogP contribution is 2.36. The van der Waals surface area contributed by atoms with Gasteiger partial charge in [-0.2, -0.15) is 10.1 Å². The molecule has 1 N–H and O–H groups in total. The summed E-state index contributed by atoms with van der Waals surface area (Å²) in [5.41, 5.74) is 1.28. The van der Waals surface area contributed by atoms with Gasteiger partial charge in [0.15, 0.2) is 5.82 Å². The molecule has 25 heavy (non-hydrogen) atoms. The number of likely N-dealkylation sites (tertiary alicyclic amines) is 1. The molecule has 3 aromatic rings. The van der Waals surface area contributed by atoms with E-state index in [1.54, 1.807) is 7.11 Å². The molecule has 3 heterocycles. The Balaban J connectivity index is 1.51. The van der Waals surface area contributed by atoms with Gasteiger partial charge in [-0.1, -0.05) is 24.2 Å². The van der Waals surface area contributed by atoms with Crippen molar-refractivity contribution in [3.63, 3.8) is 0 Å². The molecule has 2 aromatic heterocycles. The topological polar surface area (TPSA) is 93.0 Å². The smallest absolute Gasteiger partial charge is 0.241 e. The number of hydrogen-bond acceptors (Lipinski definition) is 7. The lowest BCUT2D eigenvalue weighted by atomic mass is 10.0. The average Bonchev–Trinajstić information content (AvgIpc) is 3.36. The number of methoxy groups -OCH3 is 1. The van der Waals surface area contributed by atoms with Crippen LogP contribution in [0.15, 0.2) is 35.1 Å². The van der Waals surface area contributed by atoms with Crippen LogP contribution in [0.4, 0.5) is 0 Å². The van der Waals surface area contributed by atoms with Crippen LogP contribution in [0.25, 0.3) is 11.6 Å². The van der Waals surface area contributed by atoms with Crippen molar-refractivity contribution in [2.24, 2.45) is 5.92 Å². The highest BCUT2D eigenvalue weighted by Gasteiger charge is 2.32. The molecule has 1 fully saturated rings. The molecular formula is C17H20N6O2. The van der Waals surface area contributed by atoms with Crippen molar-refractivity contribution in [1.82, 2.24) is 30.2 Å². The zero-order valence-corrected chi connectivity index (χ0v) is 14.2. The highest BCUT2D eigenvalue weighted by atomic mass is 16.5. The summed E-state index contributed by atoms with van der Waals surface area (Å²) in [6.07, 6.45) is 2.53. The molecule has 4 rings (SSSR count). The first-order valence-electron chi connectivity index (χ1n) is 8.29. The molecule has 8 heteroatoms. The Hall–Kier alpha value is -2.74. The van der Waals surface area contributed by atoms with E-state index in [2.05, 4.69) is 49.3 Å².